The summed E-state index contributed by atoms with van der Waals surface area (Å²) in [5.74, 6) is 0.389. The summed E-state index contributed by atoms with van der Waals surface area (Å²) >= 11 is 0. The normalized spacial score (nSPS) is 19.7. The lowest BCUT2D eigenvalue weighted by Crippen LogP contribution is -2.45. The van der Waals surface area contributed by atoms with Crippen LogP contribution in [0, 0.1) is 0 Å². The Morgan fingerprint density at radius 3 is 3.29 bits per heavy atom. The van der Waals surface area contributed by atoms with Crippen LogP contribution in [0.4, 0.5) is 5.69 Å². The quantitative estimate of drug-likeness (QED) is 0.775. The van der Waals surface area contributed by atoms with Gasteiger partial charge in [-0.05, 0) is 0 Å². The monoisotopic (exact) mass is 237 g/mol. The third-order valence-corrected chi connectivity index (χ3v) is 2.48. The Morgan fingerprint density at radius 2 is 2.59 bits per heavy atom. The van der Waals surface area contributed by atoms with Gasteiger partial charge in [0.25, 0.3) is 5.91 Å². The van der Waals surface area contributed by atoms with Crippen LogP contribution in [-0.2, 0) is 9.53 Å². The second-order valence-corrected chi connectivity index (χ2v) is 3.63. The molecule has 2 rings (SSSR count). The molecule has 6 nitrogen and oxygen atoms in total. The lowest BCUT2D eigenvalue weighted by Gasteiger charge is -2.22. The van der Waals surface area contributed by atoms with E-state index in [9.17, 15) is 4.79 Å². The number of nitrogens with zero attached hydrogens (tertiary/aromatic N) is 1. The largest absolute Gasteiger partial charge is 0.494 e. The number of aromatic nitrogens is 1. The van der Waals surface area contributed by atoms with Crippen LogP contribution in [0.25, 0.3) is 0 Å². The third kappa shape index (κ3) is 2.92. The molecule has 0 spiro atoms. The second-order valence-electron chi connectivity index (χ2n) is 3.63. The molecule has 1 unspecified atom stereocenters. The fourth-order valence-electron chi connectivity index (χ4n) is 1.60. The molecule has 17 heavy (non-hydrogen) atoms. The topological polar surface area (TPSA) is 72.5 Å². The summed E-state index contributed by atoms with van der Waals surface area (Å²) in [4.78, 5) is 15.8. The minimum atomic E-state index is -0.464. The average Bonchev–Trinajstić information content (AvgIpc) is 2.40. The molecule has 1 aliphatic heterocycles. The number of amides is 1. The summed E-state index contributed by atoms with van der Waals surface area (Å²) in [7, 11) is 1.55. The smallest absolute Gasteiger partial charge is 0.254 e. The number of nitrogens with one attached hydrogen (secondary N) is 2. The number of anilines is 1. The van der Waals surface area contributed by atoms with E-state index in [1.807, 2.05) is 0 Å². The predicted molar refractivity (Wildman–Crippen MR) is 62.0 cm³/mol. The maximum Gasteiger partial charge on any atom is 0.254 e. The number of methoxy groups -OCH3 is 1. The maximum absolute atomic E-state index is 11.9. The standard InChI is InChI=1S/C11H15N3O3/c1-16-9-2-3-12-6-8(9)14-11(15)10-7-13-4-5-17-10/h2-3,6,10,13H,4-5,7H2,1H3,(H,14,15). The van der Waals surface area contributed by atoms with Crippen LogP contribution in [-0.4, -0.2) is 43.8 Å². The Balaban J connectivity index is 2.01. The lowest BCUT2D eigenvalue weighted by atomic mass is 10.2. The number of ether oxygens (including phenoxy) is 2. The van der Waals surface area contributed by atoms with Crippen molar-refractivity contribution >= 4 is 11.6 Å². The van der Waals surface area contributed by atoms with Crippen LogP contribution < -0.4 is 15.4 Å². The third-order valence-electron chi connectivity index (χ3n) is 2.48. The molecular formula is C11H15N3O3. The summed E-state index contributed by atoms with van der Waals surface area (Å²) < 4.78 is 10.5. The average molecular weight is 237 g/mol. The van der Waals surface area contributed by atoms with Crippen LogP contribution >= 0.6 is 0 Å². The summed E-state index contributed by atoms with van der Waals surface area (Å²) in [6, 6.07) is 1.69. The summed E-state index contributed by atoms with van der Waals surface area (Å²) in [5.41, 5.74) is 0.550. The second kappa shape index (κ2) is 5.60. The molecule has 92 valence electrons. The van der Waals surface area contributed by atoms with Crippen LogP contribution in [0.1, 0.15) is 0 Å². The van der Waals surface area contributed by atoms with Crippen LogP contribution in [0.5, 0.6) is 5.75 Å². The van der Waals surface area contributed by atoms with Crippen molar-refractivity contribution in [1.29, 1.82) is 0 Å². The van der Waals surface area contributed by atoms with Gasteiger partial charge in [-0.2, -0.15) is 0 Å². The Kier molecular flexibility index (Phi) is 3.89. The molecule has 0 bridgehead atoms. The number of carbonyl (C=O) groups excluding carboxylic acids is 1. The highest BCUT2D eigenvalue weighted by atomic mass is 16.5. The first kappa shape index (κ1) is 11.8. The van der Waals surface area contributed by atoms with Gasteiger partial charge in [-0.25, -0.2) is 0 Å². The lowest BCUT2D eigenvalue weighted by molar-refractivity contribution is -0.128. The zero-order valence-electron chi connectivity index (χ0n) is 9.60. The zero-order chi connectivity index (χ0) is 12.1. The molecule has 1 fully saturated rings. The Bertz CT molecular complexity index is 391. The minimum absolute atomic E-state index is 0.191. The van der Waals surface area contributed by atoms with E-state index in [4.69, 9.17) is 9.47 Å². The van der Waals surface area contributed by atoms with E-state index in [1.165, 1.54) is 0 Å². The first-order valence-electron chi connectivity index (χ1n) is 5.42. The fraction of sp³-hybridized carbons (Fsp3) is 0.455. The molecule has 2 heterocycles. The molecule has 6 heteroatoms. The van der Waals surface area contributed by atoms with Crippen molar-refractivity contribution < 1.29 is 14.3 Å². The van der Waals surface area contributed by atoms with Gasteiger partial charge >= 0.3 is 0 Å². The summed E-state index contributed by atoms with van der Waals surface area (Å²) in [6.07, 6.45) is 2.69. The Labute approximate surface area is 99.3 Å². The van der Waals surface area contributed by atoms with Crippen molar-refractivity contribution in [3.8, 4) is 5.75 Å². The van der Waals surface area contributed by atoms with Crippen molar-refractivity contribution in [1.82, 2.24) is 10.3 Å². The molecular weight excluding hydrogens is 222 g/mol. The van der Waals surface area contributed by atoms with Gasteiger partial charge in [0.05, 0.1) is 19.9 Å². The molecule has 0 saturated carbocycles. The molecule has 1 aromatic rings. The van der Waals surface area contributed by atoms with Gasteiger partial charge < -0.3 is 20.1 Å². The van der Waals surface area contributed by atoms with Crippen molar-refractivity contribution in [3.05, 3.63) is 18.5 Å². The molecule has 1 atom stereocenters. The Morgan fingerprint density at radius 1 is 1.71 bits per heavy atom. The van der Waals surface area contributed by atoms with Gasteiger partial charge in [-0.1, -0.05) is 0 Å². The van der Waals surface area contributed by atoms with E-state index in [2.05, 4.69) is 15.6 Å². The first-order chi connectivity index (χ1) is 8.31. The Hall–Kier alpha value is -1.66. The van der Waals surface area contributed by atoms with Gasteiger partial charge in [0.2, 0.25) is 0 Å². The maximum atomic E-state index is 11.9. The van der Waals surface area contributed by atoms with E-state index in [0.717, 1.165) is 6.54 Å². The minimum Gasteiger partial charge on any atom is -0.494 e. The van der Waals surface area contributed by atoms with Gasteiger partial charge in [-0.15, -0.1) is 0 Å². The molecule has 1 saturated heterocycles. The van der Waals surface area contributed by atoms with Gasteiger partial charge in [0.15, 0.2) is 0 Å². The molecule has 0 aliphatic carbocycles. The summed E-state index contributed by atoms with van der Waals surface area (Å²) in [5, 5.41) is 5.84. The van der Waals surface area contributed by atoms with E-state index in [0.29, 0.717) is 24.6 Å². The van der Waals surface area contributed by atoms with E-state index in [-0.39, 0.29) is 5.91 Å². The van der Waals surface area contributed by atoms with Crippen LogP contribution in [0.2, 0.25) is 0 Å². The highest BCUT2D eigenvalue weighted by molar-refractivity contribution is 5.95. The predicted octanol–water partition coefficient (Wildman–Crippen LogP) is 0.0171. The molecule has 1 amide bonds. The van der Waals surface area contributed by atoms with E-state index >= 15 is 0 Å². The highest BCUT2D eigenvalue weighted by Crippen LogP contribution is 2.21. The first-order valence-corrected chi connectivity index (χ1v) is 5.42. The molecule has 0 aromatic carbocycles. The van der Waals surface area contributed by atoms with E-state index < -0.39 is 6.10 Å². The van der Waals surface area contributed by atoms with Crippen molar-refractivity contribution in [2.24, 2.45) is 0 Å². The van der Waals surface area contributed by atoms with Crippen LogP contribution in [0.15, 0.2) is 18.5 Å². The SMILES string of the molecule is COc1ccncc1NC(=O)C1CNCCO1. The zero-order valence-corrected chi connectivity index (χ0v) is 9.60. The van der Waals surface area contributed by atoms with E-state index in [1.54, 1.807) is 25.6 Å². The highest BCUT2D eigenvalue weighted by Gasteiger charge is 2.22. The van der Waals surface area contributed by atoms with Crippen molar-refractivity contribution in [3.63, 3.8) is 0 Å². The molecule has 0 radical (unpaired) electrons. The number of morpholine rings is 1. The molecule has 2 N–H and O–H groups in total. The number of pyridine rings is 1. The molecule has 1 aliphatic rings. The number of carbonyl (C=O) groups is 1. The van der Waals surface area contributed by atoms with Gasteiger partial charge in [0, 0.05) is 25.4 Å². The van der Waals surface area contributed by atoms with Crippen molar-refractivity contribution in [2.75, 3.05) is 32.1 Å². The van der Waals surface area contributed by atoms with Gasteiger partial charge in [-0.3, -0.25) is 9.78 Å². The van der Waals surface area contributed by atoms with Gasteiger partial charge in [0.1, 0.15) is 17.5 Å². The van der Waals surface area contributed by atoms with Crippen molar-refractivity contribution in [2.45, 2.75) is 6.10 Å². The van der Waals surface area contributed by atoms with Crippen LogP contribution in [0.3, 0.4) is 0 Å². The molecule has 1 aromatic heterocycles. The number of hydrogen-bond donors (Lipinski definition) is 2. The fourth-order valence-corrected chi connectivity index (χ4v) is 1.60. The number of rotatable bonds is 3. The number of hydrogen-bond acceptors (Lipinski definition) is 5. The summed E-state index contributed by atoms with van der Waals surface area (Å²) in [6.45, 7) is 1.84.